The molecule has 20 heavy (non-hydrogen) atoms. The van der Waals surface area contributed by atoms with Crippen LogP contribution in [0.5, 0.6) is 0 Å². The molecule has 2 heterocycles. The van der Waals surface area contributed by atoms with Crippen molar-refractivity contribution in [2.75, 3.05) is 31.3 Å². The van der Waals surface area contributed by atoms with E-state index in [0.717, 1.165) is 0 Å². The molecule has 0 aliphatic rings. The lowest BCUT2D eigenvalue weighted by atomic mass is 10.6. The second-order valence-electron chi connectivity index (χ2n) is 4.07. The smallest absolute Gasteiger partial charge is 0.229 e. The van der Waals surface area contributed by atoms with Gasteiger partial charge < -0.3 is 16.4 Å². The minimum absolute atomic E-state index is 0.195. The van der Waals surface area contributed by atoms with Crippen LogP contribution in [0.3, 0.4) is 0 Å². The van der Waals surface area contributed by atoms with Crippen molar-refractivity contribution in [1.82, 2.24) is 35.2 Å². The van der Waals surface area contributed by atoms with Gasteiger partial charge >= 0.3 is 0 Å². The Morgan fingerprint density at radius 3 is 2.75 bits per heavy atom. The fourth-order valence-corrected chi connectivity index (χ4v) is 2.14. The summed E-state index contributed by atoms with van der Waals surface area (Å²) in [6.45, 7) is 1.04. The quantitative estimate of drug-likeness (QED) is 0.622. The van der Waals surface area contributed by atoms with Crippen molar-refractivity contribution >= 4 is 23.7 Å². The molecule has 0 aliphatic heterocycles. The molecule has 4 N–H and O–H groups in total. The van der Waals surface area contributed by atoms with Crippen molar-refractivity contribution in [1.29, 1.82) is 0 Å². The normalized spacial score (nSPS) is 10.8. The van der Waals surface area contributed by atoms with Crippen molar-refractivity contribution in [3.8, 4) is 0 Å². The lowest BCUT2D eigenvalue weighted by molar-refractivity contribution is 0.557. The number of aromatic nitrogens is 7. The van der Waals surface area contributed by atoms with E-state index in [1.165, 1.54) is 11.8 Å². The molecule has 0 aliphatic carbocycles. The van der Waals surface area contributed by atoms with E-state index < -0.39 is 0 Å². The molecule has 0 saturated carbocycles. The molecule has 0 bridgehead atoms. The number of nitrogens with two attached hydrogens (primary N) is 2. The Morgan fingerprint density at radius 2 is 2.05 bits per heavy atom. The third-order valence-electron chi connectivity index (χ3n) is 2.26. The lowest BCUT2D eigenvalue weighted by Gasteiger charge is -2.11. The summed E-state index contributed by atoms with van der Waals surface area (Å²) in [5.41, 5.74) is 11.2. The number of anilines is 2. The van der Waals surface area contributed by atoms with Gasteiger partial charge in [-0.3, -0.25) is 0 Å². The average molecular weight is 296 g/mol. The Hall–Kier alpha value is -2.01. The Bertz CT molecular complexity index is 568. The molecule has 0 aromatic carbocycles. The highest BCUT2D eigenvalue weighted by atomic mass is 32.2. The maximum Gasteiger partial charge on any atom is 0.229 e. The zero-order valence-electron chi connectivity index (χ0n) is 11.3. The first-order chi connectivity index (χ1) is 9.60. The van der Waals surface area contributed by atoms with E-state index >= 15 is 0 Å². The number of tetrazole rings is 1. The second-order valence-corrected chi connectivity index (χ2v) is 5.01. The molecule has 0 spiro atoms. The molecule has 0 radical (unpaired) electrons. The lowest BCUT2D eigenvalue weighted by Crippen LogP contribution is -2.16. The van der Waals surface area contributed by atoms with Gasteiger partial charge in [-0.1, -0.05) is 11.8 Å². The minimum atomic E-state index is 0.195. The van der Waals surface area contributed by atoms with Crippen LogP contribution in [-0.2, 0) is 12.3 Å². The average Bonchev–Trinajstić information content (AvgIpc) is 2.83. The van der Waals surface area contributed by atoms with E-state index in [4.69, 9.17) is 11.5 Å². The summed E-state index contributed by atoms with van der Waals surface area (Å²) in [4.78, 5) is 14.2. The first-order valence-electron chi connectivity index (χ1n) is 5.87. The molecular formula is C9H16N10S. The molecule has 10 nitrogen and oxygen atoms in total. The number of rotatable bonds is 6. The Morgan fingerprint density at radius 1 is 1.25 bits per heavy atom. The van der Waals surface area contributed by atoms with Gasteiger partial charge in [0.2, 0.25) is 17.1 Å². The monoisotopic (exact) mass is 296 g/mol. The van der Waals surface area contributed by atoms with E-state index in [1.807, 2.05) is 14.1 Å². The van der Waals surface area contributed by atoms with Gasteiger partial charge in [-0.2, -0.15) is 15.0 Å². The first kappa shape index (κ1) is 14.4. The summed E-state index contributed by atoms with van der Waals surface area (Å²) < 4.78 is 1.64. The molecule has 2 aromatic rings. The summed E-state index contributed by atoms with van der Waals surface area (Å²) in [7, 11) is 3.68. The molecule has 0 fully saturated rings. The predicted octanol–water partition coefficient (Wildman–Crippen LogP) is -1.24. The van der Waals surface area contributed by atoms with Crippen LogP contribution in [0.25, 0.3) is 0 Å². The van der Waals surface area contributed by atoms with Crippen LogP contribution in [0.15, 0.2) is 5.16 Å². The minimum Gasteiger partial charge on any atom is -0.368 e. The summed E-state index contributed by atoms with van der Waals surface area (Å²) in [6.07, 6.45) is 0. The van der Waals surface area contributed by atoms with Crippen molar-refractivity contribution in [2.45, 2.75) is 17.5 Å². The predicted molar refractivity (Wildman–Crippen MR) is 75.0 cm³/mol. The van der Waals surface area contributed by atoms with Crippen molar-refractivity contribution in [2.24, 2.45) is 5.73 Å². The van der Waals surface area contributed by atoms with Crippen molar-refractivity contribution in [3.63, 3.8) is 0 Å². The molecule has 108 valence electrons. The van der Waals surface area contributed by atoms with Gasteiger partial charge in [0.25, 0.3) is 0 Å². The van der Waals surface area contributed by atoms with Crippen LogP contribution in [0.1, 0.15) is 5.82 Å². The molecular weight excluding hydrogens is 280 g/mol. The van der Waals surface area contributed by atoms with E-state index in [1.54, 1.807) is 9.58 Å². The van der Waals surface area contributed by atoms with Crippen LogP contribution >= 0.6 is 11.8 Å². The Kier molecular flexibility index (Phi) is 4.63. The molecule has 0 amide bonds. The van der Waals surface area contributed by atoms with Gasteiger partial charge in [-0.05, 0) is 10.4 Å². The fraction of sp³-hybridized carbons (Fsp3) is 0.556. The molecule has 0 atom stereocenters. The van der Waals surface area contributed by atoms with Gasteiger partial charge in [0.15, 0.2) is 0 Å². The van der Waals surface area contributed by atoms with Crippen LogP contribution in [0.2, 0.25) is 0 Å². The second kappa shape index (κ2) is 6.43. The Labute approximate surface area is 120 Å². The third-order valence-corrected chi connectivity index (χ3v) is 3.21. The van der Waals surface area contributed by atoms with E-state index in [2.05, 4.69) is 30.5 Å². The fourth-order valence-electron chi connectivity index (χ4n) is 1.38. The SMILES string of the molecule is CN(C)c1nc(N)nc(CSc2nnnn2CCN)n1. The van der Waals surface area contributed by atoms with Gasteiger partial charge in [0.1, 0.15) is 5.82 Å². The highest BCUT2D eigenvalue weighted by Gasteiger charge is 2.10. The summed E-state index contributed by atoms with van der Waals surface area (Å²) in [6, 6.07) is 0. The zero-order valence-corrected chi connectivity index (χ0v) is 12.1. The highest BCUT2D eigenvalue weighted by Crippen LogP contribution is 2.19. The summed E-state index contributed by atoms with van der Waals surface area (Å²) in [5, 5.41) is 12.1. The van der Waals surface area contributed by atoms with Crippen LogP contribution in [0.4, 0.5) is 11.9 Å². The van der Waals surface area contributed by atoms with E-state index in [-0.39, 0.29) is 5.95 Å². The number of thioether (sulfide) groups is 1. The maximum absolute atomic E-state index is 5.66. The number of hydrogen-bond acceptors (Lipinski definition) is 10. The molecule has 2 rings (SSSR count). The van der Waals surface area contributed by atoms with E-state index in [9.17, 15) is 0 Å². The van der Waals surface area contributed by atoms with Crippen LogP contribution in [-0.4, -0.2) is 55.8 Å². The van der Waals surface area contributed by atoms with Crippen molar-refractivity contribution < 1.29 is 0 Å². The molecule has 0 saturated heterocycles. The standard InChI is InChI=1S/C9H16N10S/c1-18(2)8-13-6(12-7(11)14-8)5-20-9-15-16-17-19(9)4-3-10/h3-5,10H2,1-2H3,(H2,11,12,13,14). The van der Waals surface area contributed by atoms with Gasteiger partial charge in [-0.15, -0.1) is 5.10 Å². The Balaban J connectivity index is 2.08. The maximum atomic E-state index is 5.66. The van der Waals surface area contributed by atoms with E-state index in [0.29, 0.717) is 35.8 Å². The number of nitrogens with zero attached hydrogens (tertiary/aromatic N) is 8. The topological polar surface area (TPSA) is 138 Å². The van der Waals surface area contributed by atoms with Gasteiger partial charge in [0, 0.05) is 20.6 Å². The largest absolute Gasteiger partial charge is 0.368 e. The summed E-state index contributed by atoms with van der Waals surface area (Å²) in [5.74, 6) is 1.79. The number of nitrogen functional groups attached to an aromatic ring is 1. The van der Waals surface area contributed by atoms with Crippen molar-refractivity contribution in [3.05, 3.63) is 5.82 Å². The summed E-state index contributed by atoms with van der Waals surface area (Å²) >= 11 is 1.42. The molecule has 11 heteroatoms. The zero-order chi connectivity index (χ0) is 14.5. The van der Waals surface area contributed by atoms with Gasteiger partial charge in [0.05, 0.1) is 12.3 Å². The number of hydrogen-bond donors (Lipinski definition) is 2. The molecule has 2 aromatic heterocycles. The third kappa shape index (κ3) is 3.51. The first-order valence-corrected chi connectivity index (χ1v) is 6.85. The van der Waals surface area contributed by atoms with Crippen LogP contribution in [0, 0.1) is 0 Å². The molecule has 0 unspecified atom stereocenters. The highest BCUT2D eigenvalue weighted by molar-refractivity contribution is 7.98. The van der Waals surface area contributed by atoms with Crippen LogP contribution < -0.4 is 16.4 Å². The van der Waals surface area contributed by atoms with Gasteiger partial charge in [-0.25, -0.2) is 4.68 Å².